The maximum atomic E-state index is 15.0. The number of ketones is 1. The largest absolute Gasteiger partial charge is 0.466 e. The van der Waals surface area contributed by atoms with E-state index in [4.69, 9.17) is 37.4 Å². The van der Waals surface area contributed by atoms with Crippen molar-refractivity contribution < 1.29 is 28.6 Å². The minimum atomic E-state index is -1.35. The Morgan fingerprint density at radius 3 is 2.32 bits per heavy atom. The number of aromatic nitrogens is 1. The van der Waals surface area contributed by atoms with E-state index in [1.165, 1.54) is 0 Å². The highest BCUT2D eigenvalue weighted by Crippen LogP contribution is 2.39. The molecule has 2 unspecified atom stereocenters. The van der Waals surface area contributed by atoms with E-state index in [0.29, 0.717) is 67.2 Å². The van der Waals surface area contributed by atoms with E-state index >= 15 is 4.79 Å². The summed E-state index contributed by atoms with van der Waals surface area (Å²) < 4.78 is 20.4. The summed E-state index contributed by atoms with van der Waals surface area (Å²) in [6.45, 7) is 8.72. The van der Waals surface area contributed by atoms with Crippen molar-refractivity contribution in [3.05, 3.63) is 63.8 Å². The lowest BCUT2D eigenvalue weighted by Gasteiger charge is -2.52. The van der Waals surface area contributed by atoms with Crippen molar-refractivity contribution in [2.45, 2.75) is 89.9 Å². The highest BCUT2D eigenvalue weighted by Gasteiger charge is 2.54. The number of benzene rings is 2. The van der Waals surface area contributed by atoms with Gasteiger partial charge in [0.15, 0.2) is 5.78 Å². The van der Waals surface area contributed by atoms with Crippen LogP contribution in [0.4, 0.5) is 5.69 Å². The molecule has 3 aromatic rings. The number of esters is 1. The topological polar surface area (TPSA) is 102 Å². The Bertz CT molecular complexity index is 1710. The Morgan fingerprint density at radius 2 is 1.64 bits per heavy atom. The summed E-state index contributed by atoms with van der Waals surface area (Å²) in [7, 11) is 1.90. The number of carbonyl (C=O) groups is 3. The molecule has 0 radical (unpaired) electrons. The number of aryl methyl sites for hydroxylation is 1. The third-order valence-electron chi connectivity index (χ3n) is 10.2. The predicted molar refractivity (Wildman–Crippen MR) is 195 cm³/mol. The summed E-state index contributed by atoms with van der Waals surface area (Å²) >= 11 is 13.7. The molecule has 6 rings (SSSR count). The molecule has 10 nitrogen and oxygen atoms in total. The minimum Gasteiger partial charge on any atom is -0.466 e. The Kier molecular flexibility index (Phi) is 11.6. The summed E-state index contributed by atoms with van der Waals surface area (Å²) in [6, 6.07) is 11.0. The maximum Gasteiger partial charge on any atom is 0.308 e. The number of halogens is 2. The number of nitrogens with zero attached hydrogens (tertiary/aromatic N) is 3. The number of likely N-dealkylation sites (tertiary alicyclic amines) is 1. The third kappa shape index (κ3) is 7.61. The summed E-state index contributed by atoms with van der Waals surface area (Å²) in [6.07, 6.45) is 5.88. The molecule has 12 heteroatoms. The lowest BCUT2D eigenvalue weighted by molar-refractivity contribution is -0.274. The van der Waals surface area contributed by atoms with Crippen LogP contribution < -0.4 is 5.32 Å². The first-order valence-electron chi connectivity index (χ1n) is 17.9. The Morgan fingerprint density at radius 1 is 0.960 bits per heavy atom. The first-order chi connectivity index (χ1) is 24.0. The van der Waals surface area contributed by atoms with Crippen molar-refractivity contribution in [2.75, 3.05) is 38.1 Å². The number of para-hydroxylation sites is 1. The molecule has 3 fully saturated rings. The van der Waals surface area contributed by atoms with E-state index in [1.807, 2.05) is 56.7 Å². The molecule has 0 bridgehead atoms. The van der Waals surface area contributed by atoms with Crippen molar-refractivity contribution in [1.29, 1.82) is 0 Å². The van der Waals surface area contributed by atoms with Crippen LogP contribution in [0.25, 0.3) is 10.9 Å². The van der Waals surface area contributed by atoms with Crippen LogP contribution in [0.2, 0.25) is 10.0 Å². The highest BCUT2D eigenvalue weighted by molar-refractivity contribution is 6.36. The number of amides is 1. The van der Waals surface area contributed by atoms with Crippen LogP contribution in [0.15, 0.2) is 42.6 Å². The molecule has 0 spiro atoms. The van der Waals surface area contributed by atoms with Crippen LogP contribution in [-0.4, -0.2) is 89.0 Å². The number of anilines is 1. The number of rotatable bonds is 11. The van der Waals surface area contributed by atoms with Gasteiger partial charge in [-0.05, 0) is 83.1 Å². The molecule has 3 atom stereocenters. The molecule has 50 heavy (non-hydrogen) atoms. The van der Waals surface area contributed by atoms with Gasteiger partial charge in [-0.3, -0.25) is 24.2 Å². The van der Waals surface area contributed by atoms with Crippen molar-refractivity contribution in [2.24, 2.45) is 13.0 Å². The molecule has 270 valence electrons. The second-order valence-corrected chi connectivity index (χ2v) is 14.8. The van der Waals surface area contributed by atoms with Gasteiger partial charge in [0.05, 0.1) is 47.1 Å². The fourth-order valence-electron chi connectivity index (χ4n) is 7.94. The first-order valence-corrected chi connectivity index (χ1v) is 18.6. The maximum absolute atomic E-state index is 15.0. The fraction of sp³-hybridized carbons (Fsp3) is 0.553. The Balaban J connectivity index is 1.27. The number of Topliss-reactive ketones (excluding diaryl/α,β-unsaturated/α-hetero) is 1. The van der Waals surface area contributed by atoms with Crippen LogP contribution in [0.1, 0.15) is 75.2 Å². The van der Waals surface area contributed by atoms with Gasteiger partial charge in [-0.2, -0.15) is 0 Å². The lowest BCUT2D eigenvalue weighted by Crippen LogP contribution is -2.71. The molecule has 1 amide bonds. The molecule has 1 N–H and O–H groups in total. The van der Waals surface area contributed by atoms with E-state index in [0.717, 1.165) is 36.8 Å². The Hall–Kier alpha value is -2.99. The standard InChI is InChI=1S/C38H48Cl2N4O6/c1-5-48-37(47)26-12-14-28(15-13-26)50-38(43-16-8-9-17-43,44-21-24(2)49-25(3)22-44)35(45)19-27-18-32(40)33(20-31(27)39)41-36(46)30-23-42(4)34-11-7-6-10-29(30)34/h6-7,10-11,18,20,23-26,28H,5,8-9,12-17,19,21-22H2,1-4H3,(H,41,46)/t24-,25?,26-,28-,38?/m0/s1. The fourth-order valence-corrected chi connectivity index (χ4v) is 8.41. The second-order valence-electron chi connectivity index (χ2n) is 14.0. The van der Waals surface area contributed by atoms with E-state index in [2.05, 4.69) is 15.1 Å². The Labute approximate surface area is 304 Å². The first kappa shape index (κ1) is 36.8. The zero-order valence-electron chi connectivity index (χ0n) is 29.4. The van der Waals surface area contributed by atoms with Crippen molar-refractivity contribution in [3.63, 3.8) is 0 Å². The number of carbonyl (C=O) groups excluding carboxylic acids is 3. The molecule has 1 saturated carbocycles. The normalized spacial score (nSPS) is 24.6. The predicted octanol–water partition coefficient (Wildman–Crippen LogP) is 6.85. The number of hydrogen-bond donors (Lipinski definition) is 1. The van der Waals surface area contributed by atoms with Gasteiger partial charge >= 0.3 is 5.97 Å². The number of nitrogens with one attached hydrogen (secondary N) is 1. The van der Waals surface area contributed by atoms with Gasteiger partial charge in [-0.25, -0.2) is 0 Å². The van der Waals surface area contributed by atoms with Crippen molar-refractivity contribution >= 4 is 57.5 Å². The number of morpholine rings is 1. The molecule has 1 aliphatic carbocycles. The van der Waals surface area contributed by atoms with Crippen molar-refractivity contribution in [3.8, 4) is 0 Å². The van der Waals surface area contributed by atoms with Gasteiger partial charge in [0, 0.05) is 61.8 Å². The third-order valence-corrected chi connectivity index (χ3v) is 10.9. The smallest absolute Gasteiger partial charge is 0.308 e. The van der Waals surface area contributed by atoms with E-state index in [-0.39, 0.29) is 53.3 Å². The van der Waals surface area contributed by atoms with Gasteiger partial charge in [-0.1, -0.05) is 41.4 Å². The number of fused-ring (bicyclic) bond motifs is 1. The second kappa shape index (κ2) is 15.7. The van der Waals surface area contributed by atoms with Crippen LogP contribution in [0, 0.1) is 5.92 Å². The molecule has 2 aromatic carbocycles. The molecule has 3 heterocycles. The van der Waals surface area contributed by atoms with Crippen LogP contribution in [0.3, 0.4) is 0 Å². The van der Waals surface area contributed by atoms with Gasteiger partial charge < -0.3 is 24.1 Å². The van der Waals surface area contributed by atoms with Gasteiger partial charge in [0.25, 0.3) is 5.91 Å². The van der Waals surface area contributed by atoms with Crippen LogP contribution >= 0.6 is 23.2 Å². The summed E-state index contributed by atoms with van der Waals surface area (Å²) in [5.74, 6) is -2.10. The summed E-state index contributed by atoms with van der Waals surface area (Å²) in [4.78, 5) is 45.3. The molecule has 1 aromatic heterocycles. The summed E-state index contributed by atoms with van der Waals surface area (Å²) in [5.41, 5.74) is 2.38. The van der Waals surface area contributed by atoms with E-state index < -0.39 is 5.85 Å². The van der Waals surface area contributed by atoms with E-state index in [9.17, 15) is 9.59 Å². The number of ether oxygens (including phenoxy) is 3. The monoisotopic (exact) mass is 726 g/mol. The van der Waals surface area contributed by atoms with Gasteiger partial charge in [0.1, 0.15) is 0 Å². The average Bonchev–Trinajstić information content (AvgIpc) is 3.75. The molecule has 2 saturated heterocycles. The quantitative estimate of drug-likeness (QED) is 0.214. The lowest BCUT2D eigenvalue weighted by atomic mass is 9.87. The van der Waals surface area contributed by atoms with Gasteiger partial charge in [-0.15, -0.1) is 0 Å². The average molecular weight is 728 g/mol. The SMILES string of the molecule is CCOC(=O)[C@H]1CC[C@H](OC(C(=O)Cc2cc(Cl)c(NC(=O)c3cn(C)c4ccccc34)cc2Cl)(N2CCCC2)N2CC(C)O[C@@H](C)C2)CC1. The van der Waals surface area contributed by atoms with Crippen LogP contribution in [0.5, 0.6) is 0 Å². The zero-order chi connectivity index (χ0) is 35.6. The minimum absolute atomic E-state index is 0.0229. The molecular formula is C38H48Cl2N4O6. The molecular weight excluding hydrogens is 679 g/mol. The number of hydrogen-bond acceptors (Lipinski definition) is 8. The van der Waals surface area contributed by atoms with Crippen molar-refractivity contribution in [1.82, 2.24) is 14.4 Å². The van der Waals surface area contributed by atoms with Crippen LogP contribution in [-0.2, 0) is 37.3 Å². The molecule has 3 aliphatic rings. The summed E-state index contributed by atoms with van der Waals surface area (Å²) in [5, 5.41) is 4.36. The molecule has 2 aliphatic heterocycles. The van der Waals surface area contributed by atoms with Gasteiger partial charge in [0.2, 0.25) is 5.85 Å². The highest BCUT2D eigenvalue weighted by atomic mass is 35.5. The zero-order valence-corrected chi connectivity index (χ0v) is 30.9. The van der Waals surface area contributed by atoms with E-state index in [1.54, 1.807) is 18.3 Å².